The Balaban J connectivity index is 1.80. The van der Waals surface area contributed by atoms with Gasteiger partial charge in [0, 0.05) is 17.7 Å². The summed E-state index contributed by atoms with van der Waals surface area (Å²) in [5.41, 5.74) is 8.88. The molecule has 0 unspecified atom stereocenters. The molecule has 2 heterocycles. The van der Waals surface area contributed by atoms with Gasteiger partial charge in [0.15, 0.2) is 0 Å². The van der Waals surface area contributed by atoms with Gasteiger partial charge in [0.1, 0.15) is 0 Å². The average Bonchev–Trinajstić information content (AvgIpc) is 2.61. The summed E-state index contributed by atoms with van der Waals surface area (Å²) in [5.74, 6) is 0.711. The molecule has 1 aromatic heterocycles. The van der Waals surface area contributed by atoms with Crippen LogP contribution in [0.1, 0.15) is 37.8 Å². The summed E-state index contributed by atoms with van der Waals surface area (Å²) in [6, 6.07) is 10.8. The molecule has 0 aliphatic carbocycles. The quantitative estimate of drug-likeness (QED) is 0.938. The summed E-state index contributed by atoms with van der Waals surface area (Å²) in [7, 11) is 1.58. The van der Waals surface area contributed by atoms with Gasteiger partial charge in [-0.15, -0.1) is 0 Å². The monoisotopic (exact) mass is 312 g/mol. The highest BCUT2D eigenvalue weighted by Crippen LogP contribution is 2.27. The van der Waals surface area contributed by atoms with Gasteiger partial charge in [-0.1, -0.05) is 30.7 Å². The molecule has 3 rings (SSSR count). The standard InChI is InChI=1S/C18H24N4O/c1-13(22-10-4-3-5-11-22)14-6-8-15(9-7-14)16-12-17(23-2)21-18(19)20-16/h6-9,12-13H,3-5,10-11H2,1-2H3,(H2,19,20,21)/t13-/m1/s1. The maximum Gasteiger partial charge on any atom is 0.223 e. The third-order valence-corrected chi connectivity index (χ3v) is 4.56. The van der Waals surface area contributed by atoms with Gasteiger partial charge >= 0.3 is 0 Å². The van der Waals surface area contributed by atoms with Crippen LogP contribution in [0, 0.1) is 0 Å². The van der Waals surface area contributed by atoms with Crippen molar-refractivity contribution < 1.29 is 4.74 Å². The minimum Gasteiger partial charge on any atom is -0.481 e. The number of aromatic nitrogens is 2. The maximum atomic E-state index is 5.74. The Bertz CT molecular complexity index is 651. The van der Waals surface area contributed by atoms with Gasteiger partial charge in [0.2, 0.25) is 11.8 Å². The summed E-state index contributed by atoms with van der Waals surface area (Å²) in [6.45, 7) is 4.68. The Morgan fingerprint density at radius 3 is 2.43 bits per heavy atom. The van der Waals surface area contributed by atoms with E-state index >= 15 is 0 Å². The van der Waals surface area contributed by atoms with Crippen LogP contribution >= 0.6 is 0 Å². The summed E-state index contributed by atoms with van der Waals surface area (Å²) in [5, 5.41) is 0. The van der Waals surface area contributed by atoms with Crippen molar-refractivity contribution >= 4 is 5.95 Å². The van der Waals surface area contributed by atoms with Crippen LogP contribution in [0.5, 0.6) is 5.88 Å². The second-order valence-corrected chi connectivity index (χ2v) is 6.05. The molecule has 2 aromatic rings. The molecule has 1 aliphatic heterocycles. The van der Waals surface area contributed by atoms with Gasteiger partial charge in [-0.2, -0.15) is 4.98 Å². The Hall–Kier alpha value is -2.14. The van der Waals surface area contributed by atoms with Crippen molar-refractivity contribution in [3.63, 3.8) is 0 Å². The lowest BCUT2D eigenvalue weighted by Gasteiger charge is -2.32. The van der Waals surface area contributed by atoms with Gasteiger partial charge in [-0.25, -0.2) is 4.98 Å². The fraction of sp³-hybridized carbons (Fsp3) is 0.444. The minimum absolute atomic E-state index is 0.227. The van der Waals surface area contributed by atoms with Crippen LogP contribution in [-0.4, -0.2) is 35.1 Å². The molecule has 0 bridgehead atoms. The Labute approximate surface area is 137 Å². The van der Waals surface area contributed by atoms with E-state index < -0.39 is 0 Å². The number of anilines is 1. The zero-order valence-corrected chi connectivity index (χ0v) is 13.8. The van der Waals surface area contributed by atoms with Crippen molar-refractivity contribution in [1.29, 1.82) is 0 Å². The van der Waals surface area contributed by atoms with Crippen LogP contribution in [0.25, 0.3) is 11.3 Å². The third kappa shape index (κ3) is 3.62. The number of ether oxygens (including phenoxy) is 1. The maximum absolute atomic E-state index is 5.74. The molecular weight excluding hydrogens is 288 g/mol. The molecule has 23 heavy (non-hydrogen) atoms. The van der Waals surface area contributed by atoms with Gasteiger partial charge in [0.25, 0.3) is 0 Å². The zero-order valence-electron chi connectivity index (χ0n) is 13.8. The third-order valence-electron chi connectivity index (χ3n) is 4.56. The Kier molecular flexibility index (Phi) is 4.76. The molecule has 1 aliphatic rings. The first-order valence-corrected chi connectivity index (χ1v) is 8.20. The topological polar surface area (TPSA) is 64.3 Å². The van der Waals surface area contributed by atoms with E-state index in [1.807, 2.05) is 0 Å². The largest absolute Gasteiger partial charge is 0.481 e. The fourth-order valence-electron chi connectivity index (χ4n) is 3.14. The van der Waals surface area contributed by atoms with Crippen LogP contribution in [0.15, 0.2) is 30.3 Å². The molecule has 5 heteroatoms. The number of nitrogen functional groups attached to an aromatic ring is 1. The molecule has 0 saturated carbocycles. The molecule has 2 N–H and O–H groups in total. The van der Waals surface area contributed by atoms with Crippen molar-refractivity contribution in [2.24, 2.45) is 0 Å². The number of hydrogen-bond donors (Lipinski definition) is 1. The van der Waals surface area contributed by atoms with Gasteiger partial charge in [0.05, 0.1) is 12.8 Å². The van der Waals surface area contributed by atoms with Crippen molar-refractivity contribution in [2.75, 3.05) is 25.9 Å². The fourth-order valence-corrected chi connectivity index (χ4v) is 3.14. The van der Waals surface area contributed by atoms with Gasteiger partial charge < -0.3 is 10.5 Å². The SMILES string of the molecule is COc1cc(-c2ccc([C@@H](C)N3CCCCC3)cc2)nc(N)n1. The van der Waals surface area contributed by atoms with E-state index in [9.17, 15) is 0 Å². The van der Waals surface area contributed by atoms with E-state index in [0.29, 0.717) is 11.9 Å². The molecule has 5 nitrogen and oxygen atoms in total. The summed E-state index contributed by atoms with van der Waals surface area (Å²) in [6.07, 6.45) is 3.98. The molecule has 1 fully saturated rings. The van der Waals surface area contributed by atoms with Crippen LogP contribution in [-0.2, 0) is 0 Å². The summed E-state index contributed by atoms with van der Waals surface area (Å²) < 4.78 is 5.16. The first-order chi connectivity index (χ1) is 11.2. The number of hydrogen-bond acceptors (Lipinski definition) is 5. The lowest BCUT2D eigenvalue weighted by molar-refractivity contribution is 0.175. The number of nitrogens with zero attached hydrogens (tertiary/aromatic N) is 3. The van der Waals surface area contributed by atoms with E-state index in [1.165, 1.54) is 37.9 Å². The number of rotatable bonds is 4. The smallest absolute Gasteiger partial charge is 0.223 e. The lowest BCUT2D eigenvalue weighted by atomic mass is 10.0. The number of benzene rings is 1. The normalized spacial score (nSPS) is 17.0. The number of piperidine rings is 1. The molecule has 0 amide bonds. The summed E-state index contributed by atoms with van der Waals surface area (Å²) in [4.78, 5) is 10.9. The Morgan fingerprint density at radius 2 is 1.78 bits per heavy atom. The van der Waals surface area contributed by atoms with E-state index in [1.54, 1.807) is 13.2 Å². The van der Waals surface area contributed by atoms with Crippen LogP contribution in [0.4, 0.5) is 5.95 Å². The average molecular weight is 312 g/mol. The molecule has 0 spiro atoms. The highest BCUT2D eigenvalue weighted by atomic mass is 16.5. The predicted molar refractivity (Wildman–Crippen MR) is 92.3 cm³/mol. The van der Waals surface area contributed by atoms with Gasteiger partial charge in [-0.3, -0.25) is 4.90 Å². The molecule has 1 aromatic carbocycles. The second kappa shape index (κ2) is 6.96. The highest BCUT2D eigenvalue weighted by molar-refractivity contribution is 5.61. The minimum atomic E-state index is 0.227. The van der Waals surface area contributed by atoms with E-state index in [-0.39, 0.29) is 5.95 Å². The van der Waals surface area contributed by atoms with E-state index in [2.05, 4.69) is 46.1 Å². The van der Waals surface area contributed by atoms with Crippen molar-refractivity contribution in [3.8, 4) is 17.1 Å². The first-order valence-electron chi connectivity index (χ1n) is 8.20. The zero-order chi connectivity index (χ0) is 16.2. The second-order valence-electron chi connectivity index (χ2n) is 6.05. The first kappa shape index (κ1) is 15.7. The van der Waals surface area contributed by atoms with Crippen molar-refractivity contribution in [2.45, 2.75) is 32.2 Å². The van der Waals surface area contributed by atoms with E-state index in [0.717, 1.165) is 11.3 Å². The molecule has 0 radical (unpaired) electrons. The lowest BCUT2D eigenvalue weighted by Crippen LogP contribution is -2.32. The van der Waals surface area contributed by atoms with Crippen LogP contribution in [0.3, 0.4) is 0 Å². The highest BCUT2D eigenvalue weighted by Gasteiger charge is 2.18. The number of nitrogens with two attached hydrogens (primary N) is 1. The van der Waals surface area contributed by atoms with Crippen molar-refractivity contribution in [3.05, 3.63) is 35.9 Å². The van der Waals surface area contributed by atoms with Gasteiger partial charge in [-0.05, 0) is 38.4 Å². The Morgan fingerprint density at radius 1 is 1.09 bits per heavy atom. The molecular formula is C18H24N4O. The molecule has 122 valence electrons. The van der Waals surface area contributed by atoms with Crippen LogP contribution in [0.2, 0.25) is 0 Å². The van der Waals surface area contributed by atoms with E-state index in [4.69, 9.17) is 10.5 Å². The predicted octanol–water partition coefficient (Wildman–Crippen LogP) is 3.28. The molecule has 1 atom stereocenters. The molecule has 1 saturated heterocycles. The number of methoxy groups -OCH3 is 1. The summed E-state index contributed by atoms with van der Waals surface area (Å²) >= 11 is 0. The van der Waals surface area contributed by atoms with Crippen molar-refractivity contribution in [1.82, 2.24) is 14.9 Å². The van der Waals surface area contributed by atoms with Crippen LogP contribution < -0.4 is 10.5 Å². The number of likely N-dealkylation sites (tertiary alicyclic amines) is 1.